The zero-order chi connectivity index (χ0) is 14.7. The number of carboxylic acids is 1. The third-order valence-corrected chi connectivity index (χ3v) is 2.81. The van der Waals surface area contributed by atoms with E-state index < -0.39 is 5.97 Å². The van der Waals surface area contributed by atoms with Crippen LogP contribution in [0.5, 0.6) is 11.8 Å². The first-order valence-electron chi connectivity index (χ1n) is 6.21. The number of aromatic nitrogens is 3. The van der Waals surface area contributed by atoms with Crippen LogP contribution in [0.4, 0.5) is 0 Å². The summed E-state index contributed by atoms with van der Waals surface area (Å²) in [4.78, 5) is 15.1. The number of nitrogens with zero attached hydrogens (tertiary/aromatic N) is 3. The summed E-state index contributed by atoms with van der Waals surface area (Å²) in [6, 6.07) is 15.9. The lowest BCUT2D eigenvalue weighted by Gasteiger charge is -2.04. The van der Waals surface area contributed by atoms with Gasteiger partial charge in [-0.25, -0.2) is 9.48 Å². The van der Waals surface area contributed by atoms with E-state index in [0.29, 0.717) is 0 Å². The summed E-state index contributed by atoms with van der Waals surface area (Å²) in [7, 11) is 0. The van der Waals surface area contributed by atoms with Crippen molar-refractivity contribution in [3.05, 3.63) is 66.5 Å². The third kappa shape index (κ3) is 2.74. The Morgan fingerprint density at radius 2 is 1.76 bits per heavy atom. The van der Waals surface area contributed by atoms with Crippen LogP contribution in [0.15, 0.2) is 60.9 Å². The van der Waals surface area contributed by atoms with Crippen LogP contribution in [0.1, 0.15) is 10.4 Å². The second-order valence-corrected chi connectivity index (χ2v) is 4.21. The molecule has 104 valence electrons. The Hall–Kier alpha value is -3.15. The number of hydrogen-bond acceptors (Lipinski definition) is 4. The molecule has 0 aliphatic heterocycles. The van der Waals surface area contributed by atoms with Crippen LogP contribution in [0.2, 0.25) is 0 Å². The average Bonchev–Trinajstić information content (AvgIpc) is 2.97. The maximum atomic E-state index is 11.1. The van der Waals surface area contributed by atoms with Crippen LogP contribution in [0, 0.1) is 0 Å². The van der Waals surface area contributed by atoms with E-state index in [4.69, 9.17) is 9.84 Å². The Morgan fingerprint density at radius 3 is 2.52 bits per heavy atom. The van der Waals surface area contributed by atoms with Gasteiger partial charge in [-0.15, -0.1) is 5.10 Å². The monoisotopic (exact) mass is 281 g/mol. The van der Waals surface area contributed by atoms with Crippen LogP contribution < -0.4 is 4.74 Å². The first-order chi connectivity index (χ1) is 10.2. The number of para-hydroxylation sites is 2. The van der Waals surface area contributed by atoms with Crippen molar-refractivity contribution < 1.29 is 14.6 Å². The highest BCUT2D eigenvalue weighted by Gasteiger charge is 2.13. The van der Waals surface area contributed by atoms with Gasteiger partial charge in [-0.1, -0.05) is 30.3 Å². The summed E-state index contributed by atoms with van der Waals surface area (Å²) in [5.74, 6) is -0.857. The average molecular weight is 281 g/mol. The lowest BCUT2D eigenvalue weighted by molar-refractivity contribution is 0.0694. The zero-order valence-corrected chi connectivity index (χ0v) is 10.9. The topological polar surface area (TPSA) is 77.2 Å². The van der Waals surface area contributed by atoms with Crippen LogP contribution in [-0.4, -0.2) is 25.8 Å². The van der Waals surface area contributed by atoms with Crippen LogP contribution in [-0.2, 0) is 0 Å². The van der Waals surface area contributed by atoms with Gasteiger partial charge in [0, 0.05) is 0 Å². The molecular formula is C15H11N3O3. The first kappa shape index (κ1) is 12.9. The summed E-state index contributed by atoms with van der Waals surface area (Å²) < 4.78 is 7.00. The molecule has 3 rings (SSSR count). The van der Waals surface area contributed by atoms with E-state index in [0.717, 1.165) is 5.69 Å². The van der Waals surface area contributed by atoms with Crippen molar-refractivity contribution >= 4 is 5.97 Å². The predicted octanol–water partition coefficient (Wildman–Crippen LogP) is 2.76. The summed E-state index contributed by atoms with van der Waals surface area (Å²) in [6.45, 7) is 0. The number of rotatable bonds is 4. The van der Waals surface area contributed by atoms with Crippen LogP contribution in [0.3, 0.4) is 0 Å². The Balaban J connectivity index is 1.87. The molecule has 0 amide bonds. The fourth-order valence-corrected chi connectivity index (χ4v) is 1.83. The molecule has 0 radical (unpaired) electrons. The van der Waals surface area contributed by atoms with E-state index in [2.05, 4.69) is 10.1 Å². The molecule has 1 heterocycles. The summed E-state index contributed by atoms with van der Waals surface area (Å²) in [5, 5.41) is 13.3. The van der Waals surface area contributed by atoms with Crippen molar-refractivity contribution in [3.63, 3.8) is 0 Å². The molecule has 6 nitrogen and oxygen atoms in total. The fraction of sp³-hybridized carbons (Fsp3) is 0. The molecule has 2 aromatic carbocycles. The lowest BCUT2D eigenvalue weighted by atomic mass is 10.2. The molecule has 1 aromatic heterocycles. The normalized spacial score (nSPS) is 10.3. The SMILES string of the molecule is O=C(O)c1ccccc1Oc1ncn(-c2ccccc2)n1. The molecule has 0 fully saturated rings. The molecule has 0 bridgehead atoms. The number of benzene rings is 2. The van der Waals surface area contributed by atoms with Gasteiger partial charge in [0.15, 0.2) is 0 Å². The number of carbonyl (C=O) groups is 1. The number of ether oxygens (including phenoxy) is 1. The van der Waals surface area contributed by atoms with E-state index in [9.17, 15) is 4.79 Å². The van der Waals surface area contributed by atoms with Crippen LogP contribution in [0.25, 0.3) is 5.69 Å². The van der Waals surface area contributed by atoms with Crippen molar-refractivity contribution in [2.75, 3.05) is 0 Å². The van der Waals surface area contributed by atoms with Crippen molar-refractivity contribution in [1.29, 1.82) is 0 Å². The molecule has 0 aliphatic carbocycles. The maximum absolute atomic E-state index is 11.1. The van der Waals surface area contributed by atoms with Gasteiger partial charge in [-0.2, -0.15) is 4.98 Å². The molecule has 0 atom stereocenters. The highest BCUT2D eigenvalue weighted by atomic mass is 16.5. The van der Waals surface area contributed by atoms with Crippen LogP contribution >= 0.6 is 0 Å². The Morgan fingerprint density at radius 1 is 1.05 bits per heavy atom. The van der Waals surface area contributed by atoms with Gasteiger partial charge in [-0.3, -0.25) is 0 Å². The standard InChI is InChI=1S/C15H11N3O3/c19-14(20)12-8-4-5-9-13(12)21-15-16-10-18(17-15)11-6-2-1-3-7-11/h1-10H,(H,19,20). The van der Waals surface area contributed by atoms with E-state index in [1.54, 1.807) is 22.9 Å². The summed E-state index contributed by atoms with van der Waals surface area (Å²) in [6.07, 6.45) is 1.51. The van der Waals surface area contributed by atoms with Crippen molar-refractivity contribution in [2.45, 2.75) is 0 Å². The number of hydrogen-bond donors (Lipinski definition) is 1. The third-order valence-electron chi connectivity index (χ3n) is 2.81. The van der Waals surface area contributed by atoms with Gasteiger partial charge in [0.2, 0.25) is 0 Å². The van der Waals surface area contributed by atoms with Crippen molar-refractivity contribution in [1.82, 2.24) is 14.8 Å². The highest BCUT2D eigenvalue weighted by Crippen LogP contribution is 2.22. The molecule has 0 aliphatic rings. The molecule has 6 heteroatoms. The predicted molar refractivity (Wildman–Crippen MR) is 74.8 cm³/mol. The first-order valence-corrected chi connectivity index (χ1v) is 6.21. The second kappa shape index (κ2) is 5.46. The quantitative estimate of drug-likeness (QED) is 0.795. The van der Waals surface area contributed by atoms with E-state index in [-0.39, 0.29) is 17.3 Å². The van der Waals surface area contributed by atoms with Gasteiger partial charge in [0.25, 0.3) is 0 Å². The highest BCUT2D eigenvalue weighted by molar-refractivity contribution is 5.90. The smallest absolute Gasteiger partial charge is 0.341 e. The Kier molecular flexibility index (Phi) is 3.34. The molecule has 3 aromatic rings. The largest absolute Gasteiger partial charge is 0.478 e. The van der Waals surface area contributed by atoms with Crippen molar-refractivity contribution in [3.8, 4) is 17.4 Å². The molecule has 21 heavy (non-hydrogen) atoms. The Bertz CT molecular complexity index is 769. The molecule has 1 N–H and O–H groups in total. The van der Waals surface area contributed by atoms with Gasteiger partial charge in [0.1, 0.15) is 17.6 Å². The zero-order valence-electron chi connectivity index (χ0n) is 10.9. The minimum atomic E-state index is -1.06. The van der Waals surface area contributed by atoms with Gasteiger partial charge >= 0.3 is 12.0 Å². The Labute approximate surface area is 120 Å². The van der Waals surface area contributed by atoms with Crippen molar-refractivity contribution in [2.24, 2.45) is 0 Å². The van der Waals surface area contributed by atoms with E-state index in [1.165, 1.54) is 12.4 Å². The van der Waals surface area contributed by atoms with Gasteiger partial charge in [0.05, 0.1) is 5.69 Å². The summed E-state index contributed by atoms with van der Waals surface area (Å²) >= 11 is 0. The molecule has 0 saturated heterocycles. The molecular weight excluding hydrogens is 270 g/mol. The molecule has 0 saturated carbocycles. The molecule has 0 spiro atoms. The lowest BCUT2D eigenvalue weighted by Crippen LogP contribution is -2.00. The number of aromatic carboxylic acids is 1. The maximum Gasteiger partial charge on any atom is 0.341 e. The van der Waals surface area contributed by atoms with E-state index >= 15 is 0 Å². The summed E-state index contributed by atoms with van der Waals surface area (Å²) in [5.41, 5.74) is 0.903. The fourth-order valence-electron chi connectivity index (χ4n) is 1.83. The minimum Gasteiger partial charge on any atom is -0.478 e. The van der Waals surface area contributed by atoms with E-state index in [1.807, 2.05) is 30.3 Å². The number of carboxylic acid groups (broad SMARTS) is 1. The van der Waals surface area contributed by atoms with Gasteiger partial charge in [-0.05, 0) is 24.3 Å². The second-order valence-electron chi connectivity index (χ2n) is 4.21. The molecule has 0 unspecified atom stereocenters. The minimum absolute atomic E-state index is 0.0635. The van der Waals surface area contributed by atoms with Gasteiger partial charge < -0.3 is 9.84 Å².